The molecule has 3 heterocycles. The van der Waals surface area contributed by atoms with E-state index in [2.05, 4.69) is 16.5 Å². The minimum Gasteiger partial charge on any atom is -0.372 e. The van der Waals surface area contributed by atoms with Crippen LogP contribution in [0.1, 0.15) is 34.1 Å². The molecular weight excluding hydrogens is 224 g/mol. The van der Waals surface area contributed by atoms with Gasteiger partial charge in [0.2, 0.25) is 0 Å². The molecule has 102 valence electrons. The molecule has 2 bridgehead atoms. The van der Waals surface area contributed by atoms with Crippen molar-refractivity contribution in [1.29, 1.82) is 0 Å². The summed E-state index contributed by atoms with van der Waals surface area (Å²) >= 11 is 0. The lowest BCUT2D eigenvalue weighted by atomic mass is 9.98. The van der Waals surface area contributed by atoms with Crippen molar-refractivity contribution in [2.45, 2.75) is 46.3 Å². The van der Waals surface area contributed by atoms with Gasteiger partial charge in [0.05, 0.1) is 12.2 Å². The van der Waals surface area contributed by atoms with Gasteiger partial charge < -0.3 is 4.74 Å². The van der Waals surface area contributed by atoms with Crippen LogP contribution in [-0.4, -0.2) is 43.0 Å². The van der Waals surface area contributed by atoms with E-state index in [1.165, 1.54) is 6.42 Å². The molecule has 2 atom stereocenters. The van der Waals surface area contributed by atoms with Crippen molar-refractivity contribution in [3.05, 3.63) is 23.9 Å². The molecule has 0 spiro atoms. The lowest BCUT2D eigenvalue weighted by Crippen LogP contribution is -2.57. The van der Waals surface area contributed by atoms with Gasteiger partial charge in [-0.1, -0.05) is 26.5 Å². The first-order valence-electron chi connectivity index (χ1n) is 6.90. The average molecular weight is 250 g/mol. The van der Waals surface area contributed by atoms with Crippen LogP contribution in [0, 0.1) is 0 Å². The molecule has 0 aromatic carbocycles. The highest BCUT2D eigenvalue weighted by Gasteiger charge is 2.37. The summed E-state index contributed by atoms with van der Waals surface area (Å²) in [5, 5.41) is 0. The fourth-order valence-corrected chi connectivity index (χ4v) is 2.16. The molecule has 3 heteroatoms. The maximum absolute atomic E-state index is 5.59. The predicted molar refractivity (Wildman–Crippen MR) is 78.1 cm³/mol. The molecule has 0 aliphatic carbocycles. The normalized spacial score (nSPS) is 27.4. The molecule has 3 rings (SSSR count). The fraction of sp³-hybridized carbons (Fsp3) is 0.667. The van der Waals surface area contributed by atoms with Crippen LogP contribution in [-0.2, 0) is 4.74 Å². The largest absolute Gasteiger partial charge is 0.372 e. The van der Waals surface area contributed by atoms with Gasteiger partial charge in [-0.2, -0.15) is 0 Å². The van der Waals surface area contributed by atoms with E-state index in [0.29, 0.717) is 12.2 Å². The number of hydrogen-bond acceptors (Lipinski definition) is 3. The zero-order valence-corrected chi connectivity index (χ0v) is 12.1. The van der Waals surface area contributed by atoms with Crippen molar-refractivity contribution < 1.29 is 4.74 Å². The Labute approximate surface area is 111 Å². The third-order valence-corrected chi connectivity index (χ3v) is 3.13. The van der Waals surface area contributed by atoms with Crippen LogP contribution in [0.2, 0.25) is 0 Å². The number of morpholine rings is 1. The standard InChI is InChI=1S/C13H20N2O.C2H6/c1-4-11(3)14-6-10(2)7-15-8-12-5-13(9-15)16-12;1-2/h4,6,12-13H,2,5,7-9H2,1,3H3;1-2H3/b11-4-,14-6?;. The zero-order chi connectivity index (χ0) is 13.5. The van der Waals surface area contributed by atoms with Crippen molar-refractivity contribution in [1.82, 2.24) is 4.90 Å². The first-order chi connectivity index (χ1) is 8.67. The van der Waals surface area contributed by atoms with Gasteiger partial charge in [0, 0.05) is 38.0 Å². The number of aliphatic imine (C=N–C) groups is 1. The first kappa shape index (κ1) is 15.1. The Hall–Kier alpha value is -0.930. The summed E-state index contributed by atoms with van der Waals surface area (Å²) in [6.07, 6.45) is 6.06. The smallest absolute Gasteiger partial charge is 0.0731 e. The van der Waals surface area contributed by atoms with Gasteiger partial charge in [0.1, 0.15) is 0 Å². The van der Waals surface area contributed by atoms with E-state index in [0.717, 1.165) is 30.9 Å². The van der Waals surface area contributed by atoms with Gasteiger partial charge in [-0.05, 0) is 19.4 Å². The highest BCUT2D eigenvalue weighted by atomic mass is 16.5. The number of rotatable bonds is 4. The number of fused-ring (bicyclic) bond motifs is 2. The van der Waals surface area contributed by atoms with E-state index in [1.54, 1.807) is 0 Å². The van der Waals surface area contributed by atoms with E-state index in [4.69, 9.17) is 4.74 Å². The van der Waals surface area contributed by atoms with Gasteiger partial charge in [0.25, 0.3) is 0 Å². The molecule has 18 heavy (non-hydrogen) atoms. The number of piperidine rings is 1. The number of nitrogens with zero attached hydrogens (tertiary/aromatic N) is 2. The van der Waals surface area contributed by atoms with Gasteiger partial charge in [-0.3, -0.25) is 9.89 Å². The summed E-state index contributed by atoms with van der Waals surface area (Å²) < 4.78 is 5.59. The molecular formula is C15H26N2O. The maximum Gasteiger partial charge on any atom is 0.0731 e. The zero-order valence-electron chi connectivity index (χ0n) is 12.1. The lowest BCUT2D eigenvalue weighted by molar-refractivity contribution is -0.178. The highest BCUT2D eigenvalue weighted by molar-refractivity contribution is 5.78. The van der Waals surface area contributed by atoms with Crippen LogP contribution < -0.4 is 0 Å². The maximum atomic E-state index is 5.59. The highest BCUT2D eigenvalue weighted by Crippen LogP contribution is 2.27. The van der Waals surface area contributed by atoms with E-state index >= 15 is 0 Å². The second-order valence-corrected chi connectivity index (χ2v) is 4.66. The summed E-state index contributed by atoms with van der Waals surface area (Å²) in [6.45, 7) is 15.0. The van der Waals surface area contributed by atoms with Crippen molar-refractivity contribution >= 4 is 6.21 Å². The van der Waals surface area contributed by atoms with Crippen molar-refractivity contribution in [3.63, 3.8) is 0 Å². The van der Waals surface area contributed by atoms with Gasteiger partial charge in [-0.25, -0.2) is 0 Å². The Bertz CT molecular complexity index is 317. The van der Waals surface area contributed by atoms with Crippen molar-refractivity contribution in [2.75, 3.05) is 19.6 Å². The predicted octanol–water partition coefficient (Wildman–Crippen LogP) is 3.04. The third-order valence-electron chi connectivity index (χ3n) is 3.13. The Morgan fingerprint density at radius 1 is 1.39 bits per heavy atom. The topological polar surface area (TPSA) is 24.8 Å². The van der Waals surface area contributed by atoms with Gasteiger partial charge in [0.15, 0.2) is 0 Å². The summed E-state index contributed by atoms with van der Waals surface area (Å²) in [5.74, 6) is 0. The Morgan fingerprint density at radius 3 is 2.44 bits per heavy atom. The summed E-state index contributed by atoms with van der Waals surface area (Å²) in [6, 6.07) is 0. The SMILES string of the molecule is C=C(C=N/C(C)=C\C)CN1CC2CC(C1)O2.CC. The van der Waals surface area contributed by atoms with Crippen LogP contribution in [0.4, 0.5) is 0 Å². The summed E-state index contributed by atoms with van der Waals surface area (Å²) in [5.41, 5.74) is 2.11. The lowest BCUT2D eigenvalue weighted by Gasteiger charge is -2.47. The molecule has 2 unspecified atom stereocenters. The Kier molecular flexibility index (Phi) is 6.30. The average Bonchev–Trinajstić information content (AvgIpc) is 2.37. The molecule has 0 aromatic heterocycles. The van der Waals surface area contributed by atoms with E-state index in [1.807, 2.05) is 40.0 Å². The van der Waals surface area contributed by atoms with Crippen LogP contribution in [0.3, 0.4) is 0 Å². The van der Waals surface area contributed by atoms with E-state index in [-0.39, 0.29) is 0 Å². The number of ether oxygens (including phenoxy) is 1. The molecule has 0 aromatic rings. The molecule has 3 nitrogen and oxygen atoms in total. The first-order valence-corrected chi connectivity index (χ1v) is 6.90. The number of hydrogen-bond donors (Lipinski definition) is 0. The monoisotopic (exact) mass is 250 g/mol. The Balaban J connectivity index is 0.000000771. The molecule has 3 aliphatic rings. The number of allylic oxidation sites excluding steroid dienone is 2. The second-order valence-electron chi connectivity index (χ2n) is 4.66. The molecule has 0 amide bonds. The van der Waals surface area contributed by atoms with Gasteiger partial charge in [-0.15, -0.1) is 0 Å². The van der Waals surface area contributed by atoms with Crippen LogP contribution >= 0.6 is 0 Å². The summed E-state index contributed by atoms with van der Waals surface area (Å²) in [4.78, 5) is 6.72. The van der Waals surface area contributed by atoms with Crippen molar-refractivity contribution in [3.8, 4) is 0 Å². The molecule has 0 saturated carbocycles. The minimum absolute atomic E-state index is 0.473. The molecule has 3 saturated heterocycles. The minimum atomic E-state index is 0.473. The van der Waals surface area contributed by atoms with E-state index in [9.17, 15) is 0 Å². The summed E-state index contributed by atoms with van der Waals surface area (Å²) in [7, 11) is 0. The van der Waals surface area contributed by atoms with Gasteiger partial charge >= 0.3 is 0 Å². The third kappa shape index (κ3) is 4.39. The van der Waals surface area contributed by atoms with Crippen LogP contribution in [0.15, 0.2) is 28.9 Å². The van der Waals surface area contributed by atoms with Crippen molar-refractivity contribution in [2.24, 2.45) is 4.99 Å². The molecule has 0 N–H and O–H groups in total. The molecule has 0 radical (unpaired) electrons. The molecule has 3 fully saturated rings. The Morgan fingerprint density at radius 2 is 1.94 bits per heavy atom. The second kappa shape index (κ2) is 7.49. The quantitative estimate of drug-likeness (QED) is 0.716. The van der Waals surface area contributed by atoms with Crippen LogP contribution in [0.5, 0.6) is 0 Å². The fourth-order valence-electron chi connectivity index (χ4n) is 2.16. The van der Waals surface area contributed by atoms with Crippen LogP contribution in [0.25, 0.3) is 0 Å². The molecule has 3 aliphatic heterocycles. The van der Waals surface area contributed by atoms with E-state index < -0.39 is 0 Å².